The first-order valence-corrected chi connectivity index (χ1v) is 8.56. The van der Waals surface area contributed by atoms with Gasteiger partial charge in [-0.25, -0.2) is 0 Å². The lowest BCUT2D eigenvalue weighted by molar-refractivity contribution is -0.128. The van der Waals surface area contributed by atoms with Crippen molar-refractivity contribution >= 4 is 11.8 Å². The van der Waals surface area contributed by atoms with Crippen LogP contribution in [0.2, 0.25) is 0 Å². The molecule has 0 spiro atoms. The lowest BCUT2D eigenvalue weighted by Gasteiger charge is -2.31. The van der Waals surface area contributed by atoms with Crippen molar-refractivity contribution in [3.8, 4) is 0 Å². The fourth-order valence-electron chi connectivity index (χ4n) is 2.72. The van der Waals surface area contributed by atoms with Gasteiger partial charge in [0.05, 0.1) is 25.2 Å². The summed E-state index contributed by atoms with van der Waals surface area (Å²) in [5.41, 5.74) is 0.972. The Balaban J connectivity index is 1.47. The van der Waals surface area contributed by atoms with Crippen molar-refractivity contribution in [2.75, 3.05) is 6.61 Å². The molecule has 1 saturated carbocycles. The quantitative estimate of drug-likeness (QED) is 0.617. The minimum atomic E-state index is -0.536. The number of amides is 2. The Morgan fingerprint density at radius 3 is 2.68 bits per heavy atom. The molecule has 3 atom stereocenters. The number of hydrogen-bond acceptors (Lipinski definition) is 5. The van der Waals surface area contributed by atoms with Gasteiger partial charge in [0.25, 0.3) is 0 Å². The molecule has 7 heteroatoms. The van der Waals surface area contributed by atoms with Crippen LogP contribution in [0.15, 0.2) is 36.7 Å². The van der Waals surface area contributed by atoms with Gasteiger partial charge in [0.2, 0.25) is 11.8 Å². The Labute approximate surface area is 146 Å². The van der Waals surface area contributed by atoms with Crippen LogP contribution in [0.4, 0.5) is 0 Å². The molecule has 1 aromatic rings. The van der Waals surface area contributed by atoms with E-state index in [1.54, 1.807) is 18.5 Å². The molecule has 1 aliphatic heterocycles. The van der Waals surface area contributed by atoms with Crippen LogP contribution in [0.3, 0.4) is 0 Å². The van der Waals surface area contributed by atoms with E-state index in [1.165, 1.54) is 0 Å². The second-order valence-electron chi connectivity index (χ2n) is 6.43. The molecule has 0 radical (unpaired) electrons. The average Bonchev–Trinajstić information content (AvgIpc) is 3.47. The van der Waals surface area contributed by atoms with Gasteiger partial charge in [-0.1, -0.05) is 12.2 Å². The Kier molecular flexibility index (Phi) is 5.78. The highest BCUT2D eigenvalue weighted by Gasteiger charge is 2.34. The van der Waals surface area contributed by atoms with Crippen LogP contribution in [0.5, 0.6) is 0 Å². The maximum absolute atomic E-state index is 12.1. The summed E-state index contributed by atoms with van der Waals surface area (Å²) in [4.78, 5) is 27.9. The van der Waals surface area contributed by atoms with Crippen LogP contribution in [-0.4, -0.2) is 46.8 Å². The zero-order valence-electron chi connectivity index (χ0n) is 13.9. The van der Waals surface area contributed by atoms with Crippen LogP contribution in [0.25, 0.3) is 0 Å². The van der Waals surface area contributed by atoms with Gasteiger partial charge in [0.1, 0.15) is 6.10 Å². The lowest BCUT2D eigenvalue weighted by Crippen LogP contribution is -2.49. The highest BCUT2D eigenvalue weighted by molar-refractivity contribution is 5.81. The predicted molar refractivity (Wildman–Crippen MR) is 90.2 cm³/mol. The summed E-state index contributed by atoms with van der Waals surface area (Å²) < 4.78 is 5.75. The number of aliphatic hydroxyl groups excluding tert-OH is 1. The van der Waals surface area contributed by atoms with Crippen molar-refractivity contribution in [1.82, 2.24) is 15.6 Å². The SMILES string of the molecule is O=C(C[C@@H]1C=C[C@@H](NC(=O)C2CC2)[C@@H](CO)O1)NCc1ccncc1. The molecule has 7 nitrogen and oxygen atoms in total. The molecule has 3 N–H and O–H groups in total. The van der Waals surface area contributed by atoms with Crippen LogP contribution in [0.1, 0.15) is 24.8 Å². The molecule has 2 aliphatic rings. The molecule has 2 heterocycles. The van der Waals surface area contributed by atoms with E-state index in [9.17, 15) is 14.7 Å². The van der Waals surface area contributed by atoms with E-state index in [-0.39, 0.29) is 36.8 Å². The van der Waals surface area contributed by atoms with Crippen molar-refractivity contribution in [3.05, 3.63) is 42.2 Å². The van der Waals surface area contributed by atoms with Crippen LogP contribution < -0.4 is 10.6 Å². The lowest BCUT2D eigenvalue weighted by atomic mass is 10.0. The molecule has 0 unspecified atom stereocenters. The van der Waals surface area contributed by atoms with E-state index in [0.717, 1.165) is 18.4 Å². The summed E-state index contributed by atoms with van der Waals surface area (Å²) in [6, 6.07) is 3.33. The topological polar surface area (TPSA) is 101 Å². The fraction of sp³-hybridized carbons (Fsp3) is 0.500. The minimum Gasteiger partial charge on any atom is -0.394 e. The van der Waals surface area contributed by atoms with Crippen molar-refractivity contribution < 1.29 is 19.4 Å². The molecular formula is C18H23N3O4. The maximum atomic E-state index is 12.1. The molecule has 25 heavy (non-hydrogen) atoms. The molecule has 0 bridgehead atoms. The third-order valence-corrected chi connectivity index (χ3v) is 4.35. The van der Waals surface area contributed by atoms with E-state index in [1.807, 2.05) is 18.2 Å². The van der Waals surface area contributed by atoms with Crippen LogP contribution >= 0.6 is 0 Å². The van der Waals surface area contributed by atoms with E-state index in [0.29, 0.717) is 6.54 Å². The van der Waals surface area contributed by atoms with Gasteiger partial charge in [0, 0.05) is 24.9 Å². The third kappa shape index (κ3) is 5.11. The monoisotopic (exact) mass is 345 g/mol. The van der Waals surface area contributed by atoms with Gasteiger partial charge < -0.3 is 20.5 Å². The smallest absolute Gasteiger partial charge is 0.223 e. The summed E-state index contributed by atoms with van der Waals surface area (Å²) in [7, 11) is 0. The molecule has 134 valence electrons. The van der Waals surface area contributed by atoms with E-state index in [4.69, 9.17) is 4.74 Å². The molecular weight excluding hydrogens is 322 g/mol. The Hall–Kier alpha value is -2.25. The van der Waals surface area contributed by atoms with Gasteiger partial charge in [-0.15, -0.1) is 0 Å². The Morgan fingerprint density at radius 2 is 2.00 bits per heavy atom. The largest absolute Gasteiger partial charge is 0.394 e. The van der Waals surface area contributed by atoms with Gasteiger partial charge >= 0.3 is 0 Å². The van der Waals surface area contributed by atoms with E-state index >= 15 is 0 Å². The first kappa shape index (κ1) is 17.6. The van der Waals surface area contributed by atoms with Crippen molar-refractivity contribution in [2.45, 2.75) is 44.1 Å². The van der Waals surface area contributed by atoms with Crippen molar-refractivity contribution in [2.24, 2.45) is 5.92 Å². The second kappa shape index (κ2) is 8.22. The number of ether oxygens (including phenoxy) is 1. The maximum Gasteiger partial charge on any atom is 0.223 e. The number of hydrogen-bond donors (Lipinski definition) is 3. The number of nitrogens with one attached hydrogen (secondary N) is 2. The minimum absolute atomic E-state index is 0.00486. The number of rotatable bonds is 7. The summed E-state index contributed by atoms with van der Waals surface area (Å²) in [6.07, 6.45) is 8.00. The fourth-order valence-corrected chi connectivity index (χ4v) is 2.72. The molecule has 2 amide bonds. The molecule has 3 rings (SSSR count). The molecule has 1 aromatic heterocycles. The first-order valence-electron chi connectivity index (χ1n) is 8.56. The van der Waals surface area contributed by atoms with Crippen LogP contribution in [0, 0.1) is 5.92 Å². The highest BCUT2D eigenvalue weighted by Crippen LogP contribution is 2.29. The summed E-state index contributed by atoms with van der Waals surface area (Å²) >= 11 is 0. The van der Waals surface area contributed by atoms with Crippen molar-refractivity contribution in [1.29, 1.82) is 0 Å². The standard InChI is InChI=1S/C18H23N3O4/c22-11-16-15(21-18(24)13-1-2-13)4-3-14(25-16)9-17(23)20-10-12-5-7-19-8-6-12/h3-8,13-16,22H,1-2,9-11H2,(H,20,23)(H,21,24)/t14-,15+,16+/m0/s1. The summed E-state index contributed by atoms with van der Waals surface area (Å²) in [6.45, 7) is 0.219. The second-order valence-corrected chi connectivity index (χ2v) is 6.43. The predicted octanol–water partition coefficient (Wildman–Crippen LogP) is 0.299. The number of nitrogens with zero attached hydrogens (tertiary/aromatic N) is 1. The van der Waals surface area contributed by atoms with Crippen LogP contribution in [-0.2, 0) is 20.9 Å². The zero-order valence-corrected chi connectivity index (χ0v) is 13.9. The normalized spacial score (nSPS) is 25.4. The number of pyridine rings is 1. The van der Waals surface area contributed by atoms with Crippen molar-refractivity contribution in [3.63, 3.8) is 0 Å². The van der Waals surface area contributed by atoms with E-state index in [2.05, 4.69) is 15.6 Å². The zero-order chi connectivity index (χ0) is 17.6. The number of carbonyl (C=O) groups is 2. The first-order chi connectivity index (χ1) is 12.2. The number of aromatic nitrogens is 1. The van der Waals surface area contributed by atoms with E-state index < -0.39 is 12.2 Å². The van der Waals surface area contributed by atoms with Gasteiger partial charge in [-0.05, 0) is 30.5 Å². The third-order valence-electron chi connectivity index (χ3n) is 4.35. The average molecular weight is 345 g/mol. The van der Waals surface area contributed by atoms with Gasteiger partial charge in [0.15, 0.2) is 0 Å². The molecule has 0 aromatic carbocycles. The Morgan fingerprint density at radius 1 is 1.24 bits per heavy atom. The van der Waals surface area contributed by atoms with Gasteiger partial charge in [-0.2, -0.15) is 0 Å². The Bertz CT molecular complexity index is 630. The number of carbonyl (C=O) groups excluding carboxylic acids is 2. The van der Waals surface area contributed by atoms with Gasteiger partial charge in [-0.3, -0.25) is 14.6 Å². The summed E-state index contributed by atoms with van der Waals surface area (Å²) in [5.74, 6) is -0.0294. The summed E-state index contributed by atoms with van der Waals surface area (Å²) in [5, 5.41) is 15.2. The number of aliphatic hydroxyl groups is 1. The highest BCUT2D eigenvalue weighted by atomic mass is 16.5. The molecule has 1 aliphatic carbocycles. The molecule has 1 fully saturated rings. The molecule has 0 saturated heterocycles.